The largest absolute Gasteiger partial charge is 0.492 e. The van der Waals surface area contributed by atoms with Gasteiger partial charge in [-0.2, -0.15) is 18.3 Å². The quantitative estimate of drug-likeness (QED) is 0.152. The van der Waals surface area contributed by atoms with Crippen LogP contribution in [0, 0.1) is 0 Å². The summed E-state index contributed by atoms with van der Waals surface area (Å²) in [4.78, 5) is 8.93. The number of carboxylic acids is 1. The van der Waals surface area contributed by atoms with E-state index in [1.165, 1.54) is 12.3 Å². The highest BCUT2D eigenvalue weighted by molar-refractivity contribution is 7.89. The van der Waals surface area contributed by atoms with Crippen LogP contribution in [0.4, 0.5) is 13.2 Å². The lowest BCUT2D eigenvalue weighted by Gasteiger charge is -2.19. The lowest BCUT2D eigenvalue weighted by molar-refractivity contribution is -0.192. The van der Waals surface area contributed by atoms with Gasteiger partial charge in [0.2, 0.25) is 20.0 Å². The van der Waals surface area contributed by atoms with Crippen molar-refractivity contribution < 1.29 is 44.6 Å². The van der Waals surface area contributed by atoms with Crippen LogP contribution in [-0.2, 0) is 31.3 Å². The van der Waals surface area contributed by atoms with E-state index in [0.717, 1.165) is 17.4 Å². The highest BCUT2D eigenvalue weighted by Gasteiger charge is 2.38. The van der Waals surface area contributed by atoms with Gasteiger partial charge in [-0.3, -0.25) is 0 Å². The van der Waals surface area contributed by atoms with Crippen molar-refractivity contribution in [1.82, 2.24) is 4.72 Å². The Bertz CT molecular complexity index is 1580. The molecule has 11 nitrogen and oxygen atoms in total. The van der Waals surface area contributed by atoms with E-state index < -0.39 is 38.2 Å². The first-order valence-electron chi connectivity index (χ1n) is 11.4. The molecule has 0 radical (unpaired) electrons. The summed E-state index contributed by atoms with van der Waals surface area (Å²) in [6, 6.07) is 20.1. The van der Waals surface area contributed by atoms with Crippen LogP contribution in [0.15, 0.2) is 82.8 Å². The smallest absolute Gasteiger partial charge is 0.490 e. The van der Waals surface area contributed by atoms with E-state index in [1.54, 1.807) is 42.5 Å². The van der Waals surface area contributed by atoms with E-state index in [1.807, 2.05) is 24.3 Å². The summed E-state index contributed by atoms with van der Waals surface area (Å²) in [5.41, 5.74) is 2.82. The van der Waals surface area contributed by atoms with Crippen molar-refractivity contribution in [2.75, 3.05) is 12.9 Å². The molecule has 16 heteroatoms. The maximum absolute atomic E-state index is 11.9. The number of benzene rings is 3. The number of nitrogens with one attached hydrogen (secondary N) is 1. The summed E-state index contributed by atoms with van der Waals surface area (Å²) in [6.45, 7) is 0.0788. The molecule has 0 saturated heterocycles. The third kappa shape index (κ3) is 11.6. The van der Waals surface area contributed by atoms with Crippen LogP contribution in [0.2, 0.25) is 0 Å². The number of sulfonamides is 2. The number of ether oxygens (including phenoxy) is 1. The second-order valence-electron chi connectivity index (χ2n) is 8.49. The maximum Gasteiger partial charge on any atom is 0.490 e. The van der Waals surface area contributed by atoms with Crippen LogP contribution in [-0.4, -0.2) is 59.2 Å². The average molecular weight is 617 g/mol. The molecule has 0 spiro atoms. The summed E-state index contributed by atoms with van der Waals surface area (Å²) in [6.07, 6.45) is -2.09. The zero-order valence-corrected chi connectivity index (χ0v) is 23.1. The third-order valence-corrected chi connectivity index (χ3v) is 6.82. The van der Waals surface area contributed by atoms with Crippen LogP contribution in [0.3, 0.4) is 0 Å². The zero-order chi connectivity index (χ0) is 30.8. The van der Waals surface area contributed by atoms with E-state index in [9.17, 15) is 30.0 Å². The minimum Gasteiger partial charge on any atom is -0.492 e. The summed E-state index contributed by atoms with van der Waals surface area (Å²) in [7, 11) is -7.35. The molecule has 222 valence electrons. The number of carboxylic acid groups (broad SMARTS) is 1. The van der Waals surface area contributed by atoms with E-state index in [2.05, 4.69) is 9.82 Å². The first-order chi connectivity index (χ1) is 19.0. The van der Waals surface area contributed by atoms with Crippen LogP contribution in [0.5, 0.6) is 5.75 Å². The van der Waals surface area contributed by atoms with Gasteiger partial charge < -0.3 is 15.7 Å². The number of hydrazone groups is 1. The van der Waals surface area contributed by atoms with Crippen molar-refractivity contribution in [3.05, 3.63) is 83.9 Å². The molecule has 0 saturated carbocycles. The average Bonchev–Trinajstić information content (AvgIpc) is 2.86. The Labute approximate surface area is 234 Å². The number of hydrogen-bond acceptors (Lipinski definition) is 8. The molecule has 0 bridgehead atoms. The van der Waals surface area contributed by atoms with Gasteiger partial charge in [0.25, 0.3) is 0 Å². The molecule has 0 aromatic heterocycles. The van der Waals surface area contributed by atoms with Gasteiger partial charge in [0.15, 0.2) is 0 Å². The van der Waals surface area contributed by atoms with Gasteiger partial charge in [0.05, 0.1) is 23.4 Å². The molecular formula is C25H27F3N4O7S2. The van der Waals surface area contributed by atoms with Crippen molar-refractivity contribution in [3.8, 4) is 16.9 Å². The highest BCUT2D eigenvalue weighted by atomic mass is 32.2. The lowest BCUT2D eigenvalue weighted by atomic mass is 10.0. The predicted molar refractivity (Wildman–Crippen MR) is 146 cm³/mol. The number of rotatable bonds is 10. The first-order valence-corrected chi connectivity index (χ1v) is 14.9. The summed E-state index contributed by atoms with van der Waals surface area (Å²) in [5.74, 6) is 2.95. The van der Waals surface area contributed by atoms with Crippen LogP contribution < -0.4 is 20.4 Å². The maximum atomic E-state index is 11.9. The van der Waals surface area contributed by atoms with Crippen molar-refractivity contribution in [1.29, 1.82) is 0 Å². The molecule has 0 fully saturated rings. The topological polar surface area (TPSA) is 191 Å². The molecule has 0 heterocycles. The van der Waals surface area contributed by atoms with Crippen molar-refractivity contribution >= 4 is 32.2 Å². The first kappa shape index (κ1) is 33.2. The standard InChI is InChI=1S/C23H26N4O5S2.C2HF3O2/c1-33(28,29)27-20(14-17-5-4-6-18(13-17)15-26-24)16-32-21-11-9-19(10-12-21)22-7-2-3-8-23(22)34(25,30)31;3-2(4,5)1(6)7/h2-13,15,20,27H,14,16,24H2,1H3,(H2,25,30,31);(H,6,7)/b26-15-;. The molecule has 0 amide bonds. The fourth-order valence-electron chi connectivity index (χ4n) is 3.49. The van der Waals surface area contributed by atoms with E-state index >= 15 is 0 Å². The Morgan fingerprint density at radius 1 is 1.05 bits per heavy atom. The van der Waals surface area contributed by atoms with Crippen molar-refractivity contribution in [2.24, 2.45) is 16.1 Å². The summed E-state index contributed by atoms with van der Waals surface area (Å²) < 4.78 is 87.6. The fourth-order valence-corrected chi connectivity index (χ4v) is 5.01. The zero-order valence-electron chi connectivity index (χ0n) is 21.4. The predicted octanol–water partition coefficient (Wildman–Crippen LogP) is 2.47. The van der Waals surface area contributed by atoms with Gasteiger partial charge in [0.1, 0.15) is 12.4 Å². The minimum atomic E-state index is -5.08. The molecule has 3 rings (SSSR count). The number of nitrogens with two attached hydrogens (primary N) is 2. The number of nitrogens with zero attached hydrogens (tertiary/aromatic N) is 1. The summed E-state index contributed by atoms with van der Waals surface area (Å²) >= 11 is 0. The van der Waals surface area contributed by atoms with Gasteiger partial charge >= 0.3 is 12.1 Å². The molecule has 41 heavy (non-hydrogen) atoms. The second-order valence-corrected chi connectivity index (χ2v) is 11.8. The van der Waals surface area contributed by atoms with E-state index in [4.69, 9.17) is 25.6 Å². The number of primary sulfonamides is 1. The number of halogens is 3. The van der Waals surface area contributed by atoms with Crippen LogP contribution in [0.1, 0.15) is 11.1 Å². The van der Waals surface area contributed by atoms with E-state index in [-0.39, 0.29) is 11.5 Å². The number of alkyl halides is 3. The SMILES string of the molecule is CS(=O)(=O)NC(COc1ccc(-c2ccccc2S(N)(=O)=O)cc1)Cc1cccc(/C=N\N)c1.O=C(O)C(F)(F)F. The molecule has 6 N–H and O–H groups in total. The lowest BCUT2D eigenvalue weighted by Crippen LogP contribution is -2.40. The Morgan fingerprint density at radius 3 is 2.20 bits per heavy atom. The second kappa shape index (κ2) is 14.1. The Balaban J connectivity index is 0.000000745. The van der Waals surface area contributed by atoms with Crippen molar-refractivity contribution in [3.63, 3.8) is 0 Å². The minimum absolute atomic E-state index is 0.0306. The normalized spacial score (nSPS) is 12.8. The molecule has 1 atom stereocenters. The molecule has 3 aromatic rings. The molecule has 0 aliphatic carbocycles. The van der Waals surface area contributed by atoms with Gasteiger partial charge in [0, 0.05) is 5.56 Å². The molecule has 0 aliphatic heterocycles. The highest BCUT2D eigenvalue weighted by Crippen LogP contribution is 2.28. The molecule has 3 aromatic carbocycles. The molecule has 1 unspecified atom stereocenters. The van der Waals surface area contributed by atoms with Gasteiger partial charge in [-0.1, -0.05) is 54.6 Å². The van der Waals surface area contributed by atoms with Gasteiger partial charge in [-0.25, -0.2) is 31.5 Å². The van der Waals surface area contributed by atoms with Crippen LogP contribution >= 0.6 is 0 Å². The Morgan fingerprint density at radius 2 is 1.66 bits per heavy atom. The van der Waals surface area contributed by atoms with E-state index in [0.29, 0.717) is 23.3 Å². The monoisotopic (exact) mass is 616 g/mol. The number of aliphatic carboxylic acids is 1. The van der Waals surface area contributed by atoms with Gasteiger partial charge in [-0.15, -0.1) is 0 Å². The summed E-state index contributed by atoms with van der Waals surface area (Å²) in [5, 5.41) is 16.0. The van der Waals surface area contributed by atoms with Crippen LogP contribution in [0.25, 0.3) is 11.1 Å². The van der Waals surface area contributed by atoms with Crippen molar-refractivity contribution in [2.45, 2.75) is 23.5 Å². The Hall–Kier alpha value is -3.99. The fraction of sp³-hybridized carbons (Fsp3) is 0.200. The number of hydrogen-bond donors (Lipinski definition) is 4. The third-order valence-electron chi connectivity index (χ3n) is 5.09. The molecule has 0 aliphatic rings. The Kier molecular flexibility index (Phi) is 11.4. The van der Waals surface area contributed by atoms with Gasteiger partial charge in [-0.05, 0) is 41.3 Å². The molecular weight excluding hydrogens is 589 g/mol. The number of carbonyl (C=O) groups is 1.